The second-order valence-electron chi connectivity index (χ2n) is 4.58. The van der Waals surface area contributed by atoms with Crippen LogP contribution in [0.5, 0.6) is 0 Å². The maximum Gasteiger partial charge on any atom is 0.260 e. The fourth-order valence-corrected chi connectivity index (χ4v) is 2.64. The van der Waals surface area contributed by atoms with Gasteiger partial charge in [-0.1, -0.05) is 15.9 Å². The number of halogens is 3. The maximum atomic E-state index is 13.9. The van der Waals surface area contributed by atoms with Crippen LogP contribution in [0.4, 0.5) is 8.78 Å². The molecule has 21 heavy (non-hydrogen) atoms. The van der Waals surface area contributed by atoms with Gasteiger partial charge in [0.25, 0.3) is 5.91 Å². The Morgan fingerprint density at radius 1 is 1.38 bits per heavy atom. The molecular weight excluding hydrogens is 348 g/mol. The molecule has 1 aliphatic heterocycles. The average Bonchev–Trinajstić information content (AvgIpc) is 2.45. The molecule has 114 valence electrons. The summed E-state index contributed by atoms with van der Waals surface area (Å²) in [4.78, 5) is 25.4. The van der Waals surface area contributed by atoms with Gasteiger partial charge in [0.1, 0.15) is 23.2 Å². The van der Waals surface area contributed by atoms with Crippen molar-refractivity contribution in [2.45, 2.75) is 6.04 Å². The molecule has 0 aromatic heterocycles. The molecule has 1 atom stereocenters. The van der Waals surface area contributed by atoms with E-state index in [0.717, 1.165) is 12.1 Å². The van der Waals surface area contributed by atoms with E-state index in [1.807, 2.05) is 0 Å². The number of benzene rings is 1. The number of rotatable bonds is 2. The molecule has 1 heterocycles. The number of carbonyl (C=O) groups is 2. The Balaban J connectivity index is 2.36. The third kappa shape index (κ3) is 3.21. The van der Waals surface area contributed by atoms with Crippen LogP contribution in [0, 0.1) is 11.6 Å². The number of hydrogen-bond donors (Lipinski definition) is 2. The Hall–Kier alpha value is -1.54. The normalized spacial score (nSPS) is 18.5. The predicted molar refractivity (Wildman–Crippen MR) is 75.8 cm³/mol. The van der Waals surface area contributed by atoms with E-state index >= 15 is 0 Å². The van der Waals surface area contributed by atoms with Crippen molar-refractivity contribution in [1.29, 1.82) is 0 Å². The van der Waals surface area contributed by atoms with Crippen LogP contribution in [-0.4, -0.2) is 49.4 Å². The van der Waals surface area contributed by atoms with Crippen molar-refractivity contribution >= 4 is 27.7 Å². The zero-order valence-corrected chi connectivity index (χ0v) is 12.8. The van der Waals surface area contributed by atoms with Gasteiger partial charge in [0, 0.05) is 31.2 Å². The minimum absolute atomic E-state index is 0.200. The van der Waals surface area contributed by atoms with Gasteiger partial charge in [0.2, 0.25) is 5.91 Å². The SMILES string of the molecule is CNC(=O)C1CNCCN1C(=O)c1c(F)cc(Br)cc1F. The van der Waals surface area contributed by atoms with Crippen LogP contribution in [0.25, 0.3) is 0 Å². The molecule has 2 amide bonds. The first-order chi connectivity index (χ1) is 9.95. The number of likely N-dealkylation sites (N-methyl/N-ethyl adjacent to an activating group) is 1. The molecule has 0 radical (unpaired) electrons. The molecule has 8 heteroatoms. The first-order valence-electron chi connectivity index (χ1n) is 6.33. The Morgan fingerprint density at radius 2 is 2.00 bits per heavy atom. The van der Waals surface area contributed by atoms with Crippen LogP contribution in [0.15, 0.2) is 16.6 Å². The van der Waals surface area contributed by atoms with Crippen molar-refractivity contribution in [1.82, 2.24) is 15.5 Å². The van der Waals surface area contributed by atoms with Gasteiger partial charge in [-0.25, -0.2) is 8.78 Å². The molecule has 0 saturated carbocycles. The van der Waals surface area contributed by atoms with Crippen LogP contribution in [0.3, 0.4) is 0 Å². The topological polar surface area (TPSA) is 61.4 Å². The first kappa shape index (κ1) is 15.8. The van der Waals surface area contributed by atoms with Gasteiger partial charge < -0.3 is 15.5 Å². The highest BCUT2D eigenvalue weighted by Crippen LogP contribution is 2.22. The van der Waals surface area contributed by atoms with Crippen molar-refractivity contribution in [3.63, 3.8) is 0 Å². The lowest BCUT2D eigenvalue weighted by atomic mass is 10.1. The Bertz CT molecular complexity index is 560. The summed E-state index contributed by atoms with van der Waals surface area (Å²) in [5, 5.41) is 5.42. The fraction of sp³-hybridized carbons (Fsp3) is 0.385. The number of amides is 2. The standard InChI is InChI=1S/C13H14BrF2N3O2/c1-17-12(20)10-6-18-2-3-19(10)13(21)11-8(15)4-7(14)5-9(11)16/h4-5,10,18H,2-3,6H2,1H3,(H,17,20). The lowest BCUT2D eigenvalue weighted by Gasteiger charge is -2.35. The van der Waals surface area contributed by atoms with Crippen molar-refractivity contribution in [3.8, 4) is 0 Å². The highest BCUT2D eigenvalue weighted by Gasteiger charge is 2.34. The van der Waals surface area contributed by atoms with Crippen molar-refractivity contribution in [2.24, 2.45) is 0 Å². The van der Waals surface area contributed by atoms with Gasteiger partial charge in [-0.3, -0.25) is 9.59 Å². The molecule has 2 N–H and O–H groups in total. The summed E-state index contributed by atoms with van der Waals surface area (Å²) in [6.07, 6.45) is 0. The third-order valence-electron chi connectivity index (χ3n) is 3.27. The van der Waals surface area contributed by atoms with E-state index in [9.17, 15) is 18.4 Å². The molecular formula is C13H14BrF2N3O2. The monoisotopic (exact) mass is 361 g/mol. The maximum absolute atomic E-state index is 13.9. The van der Waals surface area contributed by atoms with Gasteiger partial charge >= 0.3 is 0 Å². The van der Waals surface area contributed by atoms with Gasteiger partial charge in [-0.05, 0) is 12.1 Å². The number of piperazine rings is 1. The van der Waals surface area contributed by atoms with Crippen LogP contribution in [0.1, 0.15) is 10.4 Å². The van der Waals surface area contributed by atoms with E-state index in [-0.39, 0.29) is 23.5 Å². The van der Waals surface area contributed by atoms with E-state index in [4.69, 9.17) is 0 Å². The molecule has 1 aliphatic rings. The van der Waals surface area contributed by atoms with Crippen LogP contribution < -0.4 is 10.6 Å². The highest BCUT2D eigenvalue weighted by molar-refractivity contribution is 9.10. The second-order valence-corrected chi connectivity index (χ2v) is 5.49. The Labute approximate surface area is 128 Å². The summed E-state index contributed by atoms with van der Waals surface area (Å²) < 4.78 is 28.0. The van der Waals surface area contributed by atoms with E-state index < -0.39 is 29.1 Å². The zero-order valence-electron chi connectivity index (χ0n) is 11.3. The summed E-state index contributed by atoms with van der Waals surface area (Å²) in [5.74, 6) is -3.12. The third-order valence-corrected chi connectivity index (χ3v) is 3.73. The number of hydrogen-bond acceptors (Lipinski definition) is 3. The van der Waals surface area contributed by atoms with Crippen molar-refractivity contribution < 1.29 is 18.4 Å². The minimum atomic E-state index is -0.957. The van der Waals surface area contributed by atoms with Crippen LogP contribution in [-0.2, 0) is 4.79 Å². The highest BCUT2D eigenvalue weighted by atomic mass is 79.9. The average molecular weight is 362 g/mol. The van der Waals surface area contributed by atoms with Gasteiger partial charge in [0.05, 0.1) is 0 Å². The first-order valence-corrected chi connectivity index (χ1v) is 7.12. The quantitative estimate of drug-likeness (QED) is 0.822. The summed E-state index contributed by atoms with van der Waals surface area (Å²) in [7, 11) is 1.44. The largest absolute Gasteiger partial charge is 0.357 e. The van der Waals surface area contributed by atoms with E-state index in [1.165, 1.54) is 11.9 Å². The molecule has 2 rings (SSSR count). The summed E-state index contributed by atoms with van der Waals surface area (Å²) in [6, 6.07) is 1.25. The molecule has 0 bridgehead atoms. The van der Waals surface area contributed by atoms with Gasteiger partial charge in [0.15, 0.2) is 0 Å². The Morgan fingerprint density at radius 3 is 2.57 bits per heavy atom. The van der Waals surface area contributed by atoms with E-state index in [2.05, 4.69) is 26.6 Å². The lowest BCUT2D eigenvalue weighted by molar-refractivity contribution is -0.125. The van der Waals surface area contributed by atoms with Crippen molar-refractivity contribution in [3.05, 3.63) is 33.8 Å². The zero-order chi connectivity index (χ0) is 15.6. The lowest BCUT2D eigenvalue weighted by Crippen LogP contribution is -2.59. The number of nitrogens with zero attached hydrogens (tertiary/aromatic N) is 1. The molecule has 5 nitrogen and oxygen atoms in total. The number of nitrogens with one attached hydrogen (secondary N) is 2. The smallest absolute Gasteiger partial charge is 0.260 e. The van der Waals surface area contributed by atoms with E-state index in [1.54, 1.807) is 0 Å². The molecule has 1 fully saturated rings. The Kier molecular flexibility index (Phi) is 4.89. The fourth-order valence-electron chi connectivity index (χ4n) is 2.24. The summed E-state index contributed by atoms with van der Waals surface area (Å²) in [5.41, 5.74) is -0.644. The summed E-state index contributed by atoms with van der Waals surface area (Å²) >= 11 is 2.96. The second kappa shape index (κ2) is 6.48. The predicted octanol–water partition coefficient (Wildman–Crippen LogP) is 0.887. The van der Waals surface area contributed by atoms with Crippen LogP contribution in [0.2, 0.25) is 0 Å². The molecule has 1 aromatic rings. The molecule has 1 aromatic carbocycles. The molecule has 1 unspecified atom stereocenters. The molecule has 1 saturated heterocycles. The van der Waals surface area contributed by atoms with Crippen molar-refractivity contribution in [2.75, 3.05) is 26.7 Å². The summed E-state index contributed by atoms with van der Waals surface area (Å²) in [6.45, 7) is 0.899. The number of carbonyl (C=O) groups excluding carboxylic acids is 2. The van der Waals surface area contributed by atoms with Crippen LogP contribution >= 0.6 is 15.9 Å². The molecule has 0 aliphatic carbocycles. The molecule has 0 spiro atoms. The van der Waals surface area contributed by atoms with E-state index in [0.29, 0.717) is 6.54 Å². The van der Waals surface area contributed by atoms with Gasteiger partial charge in [-0.2, -0.15) is 0 Å². The van der Waals surface area contributed by atoms with Gasteiger partial charge in [-0.15, -0.1) is 0 Å². The minimum Gasteiger partial charge on any atom is -0.357 e.